The Balaban J connectivity index is 1.73. The van der Waals surface area contributed by atoms with Gasteiger partial charge in [-0.25, -0.2) is 0 Å². The Morgan fingerprint density at radius 3 is 2.89 bits per heavy atom. The minimum atomic E-state index is -0.218. The predicted octanol–water partition coefficient (Wildman–Crippen LogP) is 2.70. The van der Waals surface area contributed by atoms with Crippen LogP contribution in [0.15, 0.2) is 18.2 Å². The standard InChI is InChI=1S/C14H15BrO4/c1-8(16)17-6-11-10(5-15)14(11)9-2-3-12-13(4-9)19-7-18-12/h2-4,10-11,14H,5-7H2,1H3/t10-,11+,14+/m0/s1. The normalized spacial score (nSPS) is 27.2. The van der Waals surface area contributed by atoms with Crippen LogP contribution in [-0.4, -0.2) is 24.7 Å². The zero-order valence-corrected chi connectivity index (χ0v) is 12.2. The summed E-state index contributed by atoms with van der Waals surface area (Å²) in [4.78, 5) is 10.9. The maximum absolute atomic E-state index is 10.9. The van der Waals surface area contributed by atoms with Crippen molar-refractivity contribution in [2.45, 2.75) is 12.8 Å². The summed E-state index contributed by atoms with van der Waals surface area (Å²) in [6.45, 7) is 2.23. The van der Waals surface area contributed by atoms with Gasteiger partial charge in [-0.2, -0.15) is 0 Å². The molecule has 0 bridgehead atoms. The minimum absolute atomic E-state index is 0.218. The van der Waals surface area contributed by atoms with E-state index in [-0.39, 0.29) is 5.97 Å². The molecule has 19 heavy (non-hydrogen) atoms. The molecule has 0 N–H and O–H groups in total. The maximum Gasteiger partial charge on any atom is 0.302 e. The molecule has 0 amide bonds. The lowest BCUT2D eigenvalue weighted by molar-refractivity contribution is -0.141. The molecule has 4 nitrogen and oxygen atoms in total. The van der Waals surface area contributed by atoms with Crippen LogP contribution in [0.4, 0.5) is 0 Å². The first-order valence-corrected chi connectivity index (χ1v) is 7.41. The van der Waals surface area contributed by atoms with Gasteiger partial charge in [0.25, 0.3) is 0 Å². The highest BCUT2D eigenvalue weighted by Crippen LogP contribution is 2.56. The van der Waals surface area contributed by atoms with Crippen molar-refractivity contribution < 1.29 is 19.0 Å². The van der Waals surface area contributed by atoms with Crippen molar-refractivity contribution in [1.29, 1.82) is 0 Å². The van der Waals surface area contributed by atoms with Crippen LogP contribution in [0.3, 0.4) is 0 Å². The molecule has 3 rings (SSSR count). The molecule has 1 aromatic rings. The summed E-state index contributed by atoms with van der Waals surface area (Å²) >= 11 is 3.53. The van der Waals surface area contributed by atoms with Gasteiger partial charge in [0.1, 0.15) is 0 Å². The van der Waals surface area contributed by atoms with Crippen molar-refractivity contribution in [2.75, 3.05) is 18.7 Å². The van der Waals surface area contributed by atoms with Crippen molar-refractivity contribution in [2.24, 2.45) is 11.8 Å². The van der Waals surface area contributed by atoms with E-state index in [9.17, 15) is 4.79 Å². The van der Waals surface area contributed by atoms with Gasteiger partial charge >= 0.3 is 5.97 Å². The van der Waals surface area contributed by atoms with Gasteiger partial charge in [-0.15, -0.1) is 0 Å². The van der Waals surface area contributed by atoms with Crippen LogP contribution < -0.4 is 9.47 Å². The number of ether oxygens (including phenoxy) is 3. The van der Waals surface area contributed by atoms with E-state index in [2.05, 4.69) is 22.0 Å². The van der Waals surface area contributed by atoms with Crippen molar-refractivity contribution in [3.8, 4) is 11.5 Å². The molecular formula is C14H15BrO4. The SMILES string of the molecule is CC(=O)OC[C@@H]1[C@H](CBr)[C@H]1c1ccc2c(c1)OCO2. The fourth-order valence-electron chi connectivity index (χ4n) is 2.71. The van der Waals surface area contributed by atoms with E-state index < -0.39 is 0 Å². The molecule has 2 aliphatic rings. The Morgan fingerprint density at radius 2 is 2.16 bits per heavy atom. The zero-order chi connectivity index (χ0) is 13.4. The van der Waals surface area contributed by atoms with Crippen molar-refractivity contribution >= 4 is 21.9 Å². The second kappa shape index (κ2) is 5.04. The van der Waals surface area contributed by atoms with E-state index in [1.165, 1.54) is 12.5 Å². The summed E-state index contributed by atoms with van der Waals surface area (Å²) in [5.41, 5.74) is 1.23. The maximum atomic E-state index is 10.9. The molecule has 3 atom stereocenters. The molecule has 0 unspecified atom stereocenters. The molecule has 1 aromatic carbocycles. The van der Waals surface area contributed by atoms with Gasteiger partial charge in [0.05, 0.1) is 6.61 Å². The lowest BCUT2D eigenvalue weighted by Gasteiger charge is -2.03. The summed E-state index contributed by atoms with van der Waals surface area (Å²) in [6, 6.07) is 6.06. The highest BCUT2D eigenvalue weighted by molar-refractivity contribution is 9.09. The number of hydrogen-bond acceptors (Lipinski definition) is 4. The summed E-state index contributed by atoms with van der Waals surface area (Å²) in [6.07, 6.45) is 0. The van der Waals surface area contributed by atoms with Gasteiger partial charge in [0, 0.05) is 18.2 Å². The number of alkyl halides is 1. The van der Waals surface area contributed by atoms with Crippen LogP contribution in [0.1, 0.15) is 18.4 Å². The number of carbonyl (C=O) groups excluding carboxylic acids is 1. The van der Waals surface area contributed by atoms with Crippen LogP contribution in [0.2, 0.25) is 0 Å². The van der Waals surface area contributed by atoms with Crippen molar-refractivity contribution in [1.82, 2.24) is 0 Å². The minimum Gasteiger partial charge on any atom is -0.466 e. The number of fused-ring (bicyclic) bond motifs is 1. The molecule has 1 saturated carbocycles. The van der Waals surface area contributed by atoms with Crippen molar-refractivity contribution in [3.05, 3.63) is 23.8 Å². The lowest BCUT2D eigenvalue weighted by atomic mass is 10.1. The van der Waals surface area contributed by atoms with Gasteiger partial charge in [0.15, 0.2) is 11.5 Å². The van der Waals surface area contributed by atoms with Crippen LogP contribution in [0, 0.1) is 11.8 Å². The molecule has 102 valence electrons. The van der Waals surface area contributed by atoms with E-state index in [0.717, 1.165) is 16.8 Å². The molecule has 0 aromatic heterocycles. The van der Waals surface area contributed by atoms with Gasteiger partial charge in [0.2, 0.25) is 6.79 Å². The average molecular weight is 327 g/mol. The van der Waals surface area contributed by atoms with Gasteiger partial charge in [-0.05, 0) is 29.5 Å². The van der Waals surface area contributed by atoms with Gasteiger partial charge < -0.3 is 14.2 Å². The molecule has 1 heterocycles. The molecule has 1 aliphatic carbocycles. The number of halogens is 1. The summed E-state index contributed by atoms with van der Waals surface area (Å²) < 4.78 is 15.8. The monoisotopic (exact) mass is 326 g/mol. The quantitative estimate of drug-likeness (QED) is 0.630. The van der Waals surface area contributed by atoms with E-state index in [1.807, 2.05) is 12.1 Å². The topological polar surface area (TPSA) is 44.8 Å². The molecular weight excluding hydrogens is 312 g/mol. The number of carbonyl (C=O) groups is 1. The Bertz CT molecular complexity index is 502. The Labute approximate surface area is 120 Å². The van der Waals surface area contributed by atoms with Crippen LogP contribution >= 0.6 is 15.9 Å². The number of benzene rings is 1. The Kier molecular flexibility index (Phi) is 3.39. The number of esters is 1. The molecule has 1 fully saturated rings. The first-order chi connectivity index (χ1) is 9.20. The second-order valence-corrected chi connectivity index (χ2v) is 5.57. The van der Waals surface area contributed by atoms with Gasteiger partial charge in [-0.1, -0.05) is 22.0 Å². The lowest BCUT2D eigenvalue weighted by Crippen LogP contribution is -2.04. The molecule has 0 radical (unpaired) electrons. The fourth-order valence-corrected chi connectivity index (χ4v) is 3.59. The molecule has 0 saturated heterocycles. The predicted molar refractivity (Wildman–Crippen MR) is 72.7 cm³/mol. The molecule has 1 aliphatic heterocycles. The fraction of sp³-hybridized carbons (Fsp3) is 0.500. The number of rotatable bonds is 4. The Hall–Kier alpha value is -1.23. The van der Waals surface area contributed by atoms with E-state index >= 15 is 0 Å². The van der Waals surface area contributed by atoms with Crippen LogP contribution in [-0.2, 0) is 9.53 Å². The van der Waals surface area contributed by atoms with E-state index in [1.54, 1.807) is 0 Å². The smallest absolute Gasteiger partial charge is 0.302 e. The summed E-state index contributed by atoms with van der Waals surface area (Å²) in [5, 5.41) is 0.915. The highest BCUT2D eigenvalue weighted by Gasteiger charge is 2.50. The summed E-state index contributed by atoms with van der Waals surface area (Å²) in [5.74, 6) is 2.72. The highest BCUT2D eigenvalue weighted by atomic mass is 79.9. The third-order valence-corrected chi connectivity index (χ3v) is 4.52. The zero-order valence-electron chi connectivity index (χ0n) is 10.6. The van der Waals surface area contributed by atoms with Crippen LogP contribution in [0.25, 0.3) is 0 Å². The summed E-state index contributed by atoms with van der Waals surface area (Å²) in [7, 11) is 0. The van der Waals surface area contributed by atoms with E-state index in [4.69, 9.17) is 14.2 Å². The molecule has 0 spiro atoms. The first-order valence-electron chi connectivity index (χ1n) is 6.29. The third-order valence-electron chi connectivity index (χ3n) is 3.77. The second-order valence-electron chi connectivity index (χ2n) is 4.92. The molecule has 5 heteroatoms. The Morgan fingerprint density at radius 1 is 1.37 bits per heavy atom. The van der Waals surface area contributed by atoms with Gasteiger partial charge in [-0.3, -0.25) is 4.79 Å². The average Bonchev–Trinajstić information content (AvgIpc) is 2.91. The first kappa shape index (κ1) is 12.8. The van der Waals surface area contributed by atoms with E-state index in [0.29, 0.717) is 31.2 Å². The van der Waals surface area contributed by atoms with Crippen LogP contribution in [0.5, 0.6) is 11.5 Å². The third kappa shape index (κ3) is 2.43. The van der Waals surface area contributed by atoms with Crippen molar-refractivity contribution in [3.63, 3.8) is 0 Å². The number of hydrogen-bond donors (Lipinski definition) is 0. The largest absolute Gasteiger partial charge is 0.466 e.